The van der Waals surface area contributed by atoms with Crippen molar-refractivity contribution in [1.29, 1.82) is 0 Å². The first-order valence-electron chi connectivity index (χ1n) is 9.33. The lowest BCUT2D eigenvalue weighted by molar-refractivity contribution is 0.0390. The molecule has 1 aromatic carbocycles. The largest absolute Gasteiger partial charge is 0.379 e. The van der Waals surface area contributed by atoms with Crippen molar-refractivity contribution >= 4 is 15.9 Å². The molecule has 150 valence electrons. The number of rotatable bonds is 6. The molecule has 1 aromatic rings. The van der Waals surface area contributed by atoms with Crippen LogP contribution < -0.4 is 4.72 Å². The number of ether oxygens (including phenoxy) is 1. The number of sulfonamides is 1. The lowest BCUT2D eigenvalue weighted by Crippen LogP contribution is -2.47. The van der Waals surface area contributed by atoms with Gasteiger partial charge in [-0.1, -0.05) is 0 Å². The van der Waals surface area contributed by atoms with Gasteiger partial charge >= 0.3 is 0 Å². The Morgan fingerprint density at radius 1 is 1.04 bits per heavy atom. The van der Waals surface area contributed by atoms with Crippen LogP contribution in [0.3, 0.4) is 0 Å². The van der Waals surface area contributed by atoms with Crippen LogP contribution in [-0.4, -0.2) is 102 Å². The zero-order chi connectivity index (χ0) is 19.3. The number of carbonyl (C=O) groups excluding carboxylic acids is 1. The smallest absolute Gasteiger partial charge is 0.253 e. The average molecular weight is 397 g/mol. The number of amides is 1. The van der Waals surface area contributed by atoms with Gasteiger partial charge in [0.2, 0.25) is 10.0 Å². The maximum atomic E-state index is 12.5. The molecule has 3 rings (SSSR count). The number of hydrogen-bond acceptors (Lipinski definition) is 6. The number of likely N-dealkylation sites (N-methyl/N-ethyl adjacent to an activating group) is 1. The first kappa shape index (κ1) is 20.2. The zero-order valence-corrected chi connectivity index (χ0v) is 16.6. The van der Waals surface area contributed by atoms with Crippen LogP contribution in [0.4, 0.5) is 0 Å². The molecule has 2 aliphatic heterocycles. The molecule has 0 bridgehead atoms. The molecule has 2 saturated heterocycles. The molecule has 1 N–H and O–H groups in total. The highest BCUT2D eigenvalue weighted by molar-refractivity contribution is 7.89. The van der Waals surface area contributed by atoms with Crippen LogP contribution in [-0.2, 0) is 14.8 Å². The van der Waals surface area contributed by atoms with Gasteiger partial charge in [-0.2, -0.15) is 0 Å². The van der Waals surface area contributed by atoms with Crippen molar-refractivity contribution in [3.05, 3.63) is 29.8 Å². The Morgan fingerprint density at radius 2 is 1.67 bits per heavy atom. The third kappa shape index (κ3) is 5.49. The number of morpholine rings is 1. The minimum absolute atomic E-state index is 0.0488. The van der Waals surface area contributed by atoms with Crippen LogP contribution in [0.25, 0.3) is 0 Å². The Morgan fingerprint density at radius 3 is 2.30 bits per heavy atom. The molecule has 0 atom stereocenters. The Balaban J connectivity index is 1.54. The minimum Gasteiger partial charge on any atom is -0.379 e. The summed E-state index contributed by atoms with van der Waals surface area (Å²) in [5.41, 5.74) is 0.520. The predicted molar refractivity (Wildman–Crippen MR) is 102 cm³/mol. The van der Waals surface area contributed by atoms with E-state index >= 15 is 0 Å². The highest BCUT2D eigenvalue weighted by atomic mass is 32.2. The molecule has 9 heteroatoms. The molecule has 0 saturated carbocycles. The van der Waals surface area contributed by atoms with Crippen molar-refractivity contribution in [2.45, 2.75) is 4.90 Å². The molecule has 0 aromatic heterocycles. The topological polar surface area (TPSA) is 82.2 Å². The Bertz CT molecular complexity index is 724. The summed E-state index contributed by atoms with van der Waals surface area (Å²) in [6, 6.07) is 6.19. The van der Waals surface area contributed by atoms with Gasteiger partial charge in [-0.05, 0) is 31.3 Å². The molecular weight excluding hydrogens is 368 g/mol. The van der Waals surface area contributed by atoms with Gasteiger partial charge in [0.05, 0.1) is 18.1 Å². The summed E-state index contributed by atoms with van der Waals surface area (Å²) in [5.74, 6) is -0.0488. The Hall–Kier alpha value is -1.52. The van der Waals surface area contributed by atoms with E-state index in [1.165, 1.54) is 12.1 Å². The highest BCUT2D eigenvalue weighted by Gasteiger charge is 2.21. The highest BCUT2D eigenvalue weighted by Crippen LogP contribution is 2.13. The number of carbonyl (C=O) groups is 1. The molecule has 2 heterocycles. The maximum Gasteiger partial charge on any atom is 0.253 e. The summed E-state index contributed by atoms with van der Waals surface area (Å²) in [7, 11) is -1.54. The molecular formula is C18H28N4O4S. The predicted octanol–water partition coefficient (Wildman–Crippen LogP) is -0.315. The van der Waals surface area contributed by atoms with Gasteiger partial charge in [0.25, 0.3) is 5.91 Å². The first-order valence-corrected chi connectivity index (χ1v) is 10.8. The molecule has 2 fully saturated rings. The van der Waals surface area contributed by atoms with Crippen molar-refractivity contribution in [2.75, 3.05) is 72.6 Å². The fraction of sp³-hybridized carbons (Fsp3) is 0.611. The summed E-state index contributed by atoms with van der Waals surface area (Å²) < 4.78 is 32.8. The van der Waals surface area contributed by atoms with E-state index in [-0.39, 0.29) is 10.8 Å². The van der Waals surface area contributed by atoms with Crippen LogP contribution >= 0.6 is 0 Å². The summed E-state index contributed by atoms with van der Waals surface area (Å²) >= 11 is 0. The van der Waals surface area contributed by atoms with E-state index in [0.29, 0.717) is 45.0 Å². The fourth-order valence-corrected chi connectivity index (χ4v) is 4.24. The van der Waals surface area contributed by atoms with Crippen LogP contribution in [0.5, 0.6) is 0 Å². The minimum atomic E-state index is -3.58. The number of nitrogens with zero attached hydrogens (tertiary/aromatic N) is 3. The lowest BCUT2D eigenvalue weighted by Gasteiger charge is -2.32. The van der Waals surface area contributed by atoms with Gasteiger partial charge in [0.15, 0.2) is 0 Å². The molecule has 8 nitrogen and oxygen atoms in total. The number of piperazine rings is 1. The molecule has 0 radical (unpaired) electrons. The van der Waals surface area contributed by atoms with E-state index in [1.54, 1.807) is 12.1 Å². The van der Waals surface area contributed by atoms with E-state index in [2.05, 4.69) is 14.5 Å². The van der Waals surface area contributed by atoms with Gasteiger partial charge in [0, 0.05) is 57.9 Å². The van der Waals surface area contributed by atoms with Gasteiger partial charge in [-0.3, -0.25) is 9.69 Å². The van der Waals surface area contributed by atoms with Crippen molar-refractivity contribution in [1.82, 2.24) is 19.4 Å². The van der Waals surface area contributed by atoms with Gasteiger partial charge < -0.3 is 14.5 Å². The second kappa shape index (κ2) is 9.11. The average Bonchev–Trinajstić information content (AvgIpc) is 2.69. The number of nitrogens with one attached hydrogen (secondary N) is 1. The zero-order valence-electron chi connectivity index (χ0n) is 15.8. The molecule has 0 unspecified atom stereocenters. The molecule has 0 aliphatic carbocycles. The second-order valence-corrected chi connectivity index (χ2v) is 8.74. The van der Waals surface area contributed by atoms with E-state index in [1.807, 2.05) is 11.9 Å². The van der Waals surface area contributed by atoms with Crippen LogP contribution in [0.1, 0.15) is 10.4 Å². The van der Waals surface area contributed by atoms with Crippen LogP contribution in [0.2, 0.25) is 0 Å². The monoisotopic (exact) mass is 396 g/mol. The summed E-state index contributed by atoms with van der Waals surface area (Å²) in [6.45, 7) is 7.13. The molecule has 0 spiro atoms. The molecule has 27 heavy (non-hydrogen) atoms. The summed E-state index contributed by atoms with van der Waals surface area (Å²) in [4.78, 5) is 18.9. The van der Waals surface area contributed by atoms with Crippen molar-refractivity contribution < 1.29 is 17.9 Å². The quantitative estimate of drug-likeness (QED) is 0.710. The normalized spacial score (nSPS) is 20.0. The Kier molecular flexibility index (Phi) is 6.83. The van der Waals surface area contributed by atoms with Crippen LogP contribution in [0, 0.1) is 0 Å². The fourth-order valence-electron chi connectivity index (χ4n) is 3.22. The van der Waals surface area contributed by atoms with Gasteiger partial charge in [-0.15, -0.1) is 0 Å². The Labute approximate surface area is 161 Å². The first-order chi connectivity index (χ1) is 13.0. The summed E-state index contributed by atoms with van der Waals surface area (Å²) in [5, 5.41) is 0. The van der Waals surface area contributed by atoms with Crippen molar-refractivity contribution in [3.8, 4) is 0 Å². The SMILES string of the molecule is CN1CCN(C(=O)c2ccc(S(=O)(=O)NCCN3CCOCC3)cc2)CC1. The summed E-state index contributed by atoms with van der Waals surface area (Å²) in [6.07, 6.45) is 0. The third-order valence-corrected chi connectivity index (χ3v) is 6.50. The van der Waals surface area contributed by atoms with Gasteiger partial charge in [-0.25, -0.2) is 13.1 Å². The molecule has 2 aliphatic rings. The van der Waals surface area contributed by atoms with E-state index in [4.69, 9.17) is 4.74 Å². The van der Waals surface area contributed by atoms with E-state index in [0.717, 1.165) is 26.2 Å². The standard InChI is InChI=1S/C18H28N4O4S/c1-20-8-10-22(11-9-20)18(23)16-2-4-17(5-3-16)27(24,25)19-6-7-21-12-14-26-15-13-21/h2-5,19H,6-15H2,1H3. The second-order valence-electron chi connectivity index (χ2n) is 6.97. The lowest BCUT2D eigenvalue weighted by atomic mass is 10.2. The van der Waals surface area contributed by atoms with Gasteiger partial charge in [0.1, 0.15) is 0 Å². The number of benzene rings is 1. The molecule has 1 amide bonds. The third-order valence-electron chi connectivity index (χ3n) is 5.03. The van der Waals surface area contributed by atoms with E-state index in [9.17, 15) is 13.2 Å². The maximum absolute atomic E-state index is 12.5. The number of hydrogen-bond donors (Lipinski definition) is 1. The van der Waals surface area contributed by atoms with Crippen molar-refractivity contribution in [2.24, 2.45) is 0 Å². The van der Waals surface area contributed by atoms with E-state index < -0.39 is 10.0 Å². The van der Waals surface area contributed by atoms with Crippen molar-refractivity contribution in [3.63, 3.8) is 0 Å². The van der Waals surface area contributed by atoms with Crippen LogP contribution in [0.15, 0.2) is 29.2 Å².